The summed E-state index contributed by atoms with van der Waals surface area (Å²) < 4.78 is 5.27. The Morgan fingerprint density at radius 2 is 2.24 bits per heavy atom. The van der Waals surface area contributed by atoms with Gasteiger partial charge in [-0.3, -0.25) is 4.98 Å². The topological polar surface area (TPSA) is 34.1 Å². The Bertz CT molecular complexity index is 535. The van der Waals surface area contributed by atoms with E-state index in [0.29, 0.717) is 6.04 Å². The monoisotopic (exact) mass is 228 g/mol. The van der Waals surface area contributed by atoms with Crippen molar-refractivity contribution in [3.63, 3.8) is 0 Å². The first-order valence-corrected chi connectivity index (χ1v) is 6.02. The molecule has 0 unspecified atom stereocenters. The average Bonchev–Trinajstić information content (AvgIpc) is 3.19. The molecule has 1 heterocycles. The lowest BCUT2D eigenvalue weighted by molar-refractivity contribution is 0.415. The highest BCUT2D eigenvalue weighted by atomic mass is 16.5. The van der Waals surface area contributed by atoms with Gasteiger partial charge in [-0.1, -0.05) is 6.07 Å². The van der Waals surface area contributed by atoms with E-state index in [9.17, 15) is 0 Å². The van der Waals surface area contributed by atoms with Crippen LogP contribution in [0.4, 0.5) is 0 Å². The van der Waals surface area contributed by atoms with Crippen molar-refractivity contribution >= 4 is 10.8 Å². The number of nitrogens with zero attached hydrogens (tertiary/aromatic N) is 1. The molecule has 3 nitrogen and oxygen atoms in total. The Morgan fingerprint density at radius 1 is 1.35 bits per heavy atom. The number of ether oxygens (including phenoxy) is 1. The fourth-order valence-electron chi connectivity index (χ4n) is 2.00. The van der Waals surface area contributed by atoms with Crippen molar-refractivity contribution in [2.75, 3.05) is 7.11 Å². The van der Waals surface area contributed by atoms with Crippen LogP contribution in [0, 0.1) is 0 Å². The molecule has 2 aromatic rings. The van der Waals surface area contributed by atoms with Gasteiger partial charge in [0.05, 0.1) is 12.8 Å². The Labute approximate surface area is 101 Å². The van der Waals surface area contributed by atoms with Gasteiger partial charge in [-0.2, -0.15) is 0 Å². The molecule has 1 fully saturated rings. The molecule has 1 aliphatic rings. The maximum absolute atomic E-state index is 5.27. The van der Waals surface area contributed by atoms with Crippen molar-refractivity contribution in [1.82, 2.24) is 10.3 Å². The molecule has 3 rings (SSSR count). The van der Waals surface area contributed by atoms with Gasteiger partial charge in [0.1, 0.15) is 5.75 Å². The number of pyridine rings is 1. The van der Waals surface area contributed by atoms with Crippen molar-refractivity contribution in [3.05, 3.63) is 36.2 Å². The molecule has 0 bridgehead atoms. The van der Waals surface area contributed by atoms with Gasteiger partial charge in [-0.05, 0) is 36.4 Å². The molecule has 0 amide bonds. The van der Waals surface area contributed by atoms with Crippen molar-refractivity contribution < 1.29 is 4.74 Å². The Balaban J connectivity index is 1.96. The molecule has 3 heteroatoms. The number of nitrogens with one attached hydrogen (secondary N) is 1. The highest BCUT2D eigenvalue weighted by Gasteiger charge is 2.20. The molecule has 17 heavy (non-hydrogen) atoms. The summed E-state index contributed by atoms with van der Waals surface area (Å²) in [5.74, 6) is 0.887. The molecule has 0 atom stereocenters. The maximum atomic E-state index is 5.27. The summed E-state index contributed by atoms with van der Waals surface area (Å²) in [6, 6.07) is 8.87. The molecule has 1 aliphatic carbocycles. The maximum Gasteiger partial charge on any atom is 0.119 e. The minimum atomic E-state index is 0.706. The quantitative estimate of drug-likeness (QED) is 0.873. The van der Waals surface area contributed by atoms with Gasteiger partial charge < -0.3 is 10.1 Å². The van der Waals surface area contributed by atoms with Gasteiger partial charge >= 0.3 is 0 Å². The van der Waals surface area contributed by atoms with Gasteiger partial charge in [0, 0.05) is 24.2 Å². The lowest BCUT2D eigenvalue weighted by Gasteiger charge is -2.08. The van der Waals surface area contributed by atoms with Gasteiger partial charge in [0.25, 0.3) is 0 Å². The molecule has 1 aromatic carbocycles. The van der Waals surface area contributed by atoms with Gasteiger partial charge in [-0.15, -0.1) is 0 Å². The van der Waals surface area contributed by atoms with Crippen LogP contribution in [-0.2, 0) is 6.54 Å². The van der Waals surface area contributed by atoms with E-state index in [0.717, 1.165) is 18.0 Å². The third-order valence-electron chi connectivity index (χ3n) is 3.19. The van der Waals surface area contributed by atoms with Crippen LogP contribution in [-0.4, -0.2) is 18.1 Å². The summed E-state index contributed by atoms with van der Waals surface area (Å²) in [7, 11) is 1.69. The van der Waals surface area contributed by atoms with Crippen molar-refractivity contribution in [3.8, 4) is 5.75 Å². The lowest BCUT2D eigenvalue weighted by atomic mass is 10.1. The minimum absolute atomic E-state index is 0.706. The second-order valence-corrected chi connectivity index (χ2v) is 4.50. The molecule has 1 aromatic heterocycles. The standard InChI is InChI=1S/C14H16N2O/c1-17-12-5-2-10-6-7-15-14(13(10)8-12)9-16-11-3-4-11/h2,5-8,11,16H,3-4,9H2,1H3. The Morgan fingerprint density at radius 3 is 3.00 bits per heavy atom. The third kappa shape index (κ3) is 2.24. The zero-order chi connectivity index (χ0) is 11.7. The van der Waals surface area contributed by atoms with E-state index < -0.39 is 0 Å². The number of aromatic nitrogens is 1. The predicted octanol–water partition coefficient (Wildman–Crippen LogP) is 2.50. The lowest BCUT2D eigenvalue weighted by Crippen LogP contribution is -2.16. The van der Waals surface area contributed by atoms with E-state index >= 15 is 0 Å². The van der Waals surface area contributed by atoms with Gasteiger partial charge in [0.2, 0.25) is 0 Å². The molecule has 1 N–H and O–H groups in total. The summed E-state index contributed by atoms with van der Waals surface area (Å²) in [5.41, 5.74) is 1.10. The molecule has 88 valence electrons. The van der Waals surface area contributed by atoms with Gasteiger partial charge in [0.15, 0.2) is 0 Å². The Kier molecular flexibility index (Phi) is 2.69. The van der Waals surface area contributed by atoms with Crippen molar-refractivity contribution in [2.24, 2.45) is 0 Å². The first-order valence-electron chi connectivity index (χ1n) is 6.02. The molecule has 0 aliphatic heterocycles. The smallest absolute Gasteiger partial charge is 0.119 e. The van der Waals surface area contributed by atoms with E-state index in [1.165, 1.54) is 23.6 Å². The molecule has 0 radical (unpaired) electrons. The van der Waals surface area contributed by atoms with E-state index in [1.807, 2.05) is 18.3 Å². The van der Waals surface area contributed by atoms with Crippen LogP contribution < -0.4 is 10.1 Å². The number of hydrogen-bond donors (Lipinski definition) is 1. The number of methoxy groups -OCH3 is 1. The van der Waals surface area contributed by atoms with E-state index in [1.54, 1.807) is 7.11 Å². The number of hydrogen-bond acceptors (Lipinski definition) is 3. The highest BCUT2D eigenvalue weighted by Crippen LogP contribution is 2.24. The predicted molar refractivity (Wildman–Crippen MR) is 68.2 cm³/mol. The minimum Gasteiger partial charge on any atom is -0.497 e. The molecule has 0 spiro atoms. The van der Waals surface area contributed by atoms with E-state index in [-0.39, 0.29) is 0 Å². The van der Waals surface area contributed by atoms with Crippen molar-refractivity contribution in [2.45, 2.75) is 25.4 Å². The molecular formula is C14H16N2O. The van der Waals surface area contributed by atoms with Gasteiger partial charge in [-0.25, -0.2) is 0 Å². The normalized spacial score (nSPS) is 15.1. The second kappa shape index (κ2) is 4.34. The zero-order valence-corrected chi connectivity index (χ0v) is 9.94. The van der Waals surface area contributed by atoms with Crippen LogP contribution in [0.25, 0.3) is 10.8 Å². The highest BCUT2D eigenvalue weighted by molar-refractivity contribution is 5.85. The second-order valence-electron chi connectivity index (χ2n) is 4.50. The molecule has 1 saturated carbocycles. The van der Waals surface area contributed by atoms with Crippen LogP contribution in [0.5, 0.6) is 5.75 Å². The van der Waals surface area contributed by atoms with Crippen molar-refractivity contribution in [1.29, 1.82) is 0 Å². The summed E-state index contributed by atoms with van der Waals surface area (Å²) in [6.45, 7) is 0.842. The van der Waals surface area contributed by atoms with Crippen LogP contribution in [0.3, 0.4) is 0 Å². The van der Waals surface area contributed by atoms with Crippen LogP contribution in [0.1, 0.15) is 18.5 Å². The first kappa shape index (κ1) is 10.5. The summed E-state index contributed by atoms with van der Waals surface area (Å²) >= 11 is 0. The van der Waals surface area contributed by atoms with E-state index in [2.05, 4.69) is 22.4 Å². The number of benzene rings is 1. The fourth-order valence-corrected chi connectivity index (χ4v) is 2.00. The van der Waals surface area contributed by atoms with Crippen LogP contribution in [0.15, 0.2) is 30.5 Å². The van der Waals surface area contributed by atoms with E-state index in [4.69, 9.17) is 4.74 Å². The summed E-state index contributed by atoms with van der Waals surface area (Å²) in [5, 5.41) is 5.90. The molecule has 0 saturated heterocycles. The van der Waals surface area contributed by atoms with Crippen LogP contribution >= 0.6 is 0 Å². The Hall–Kier alpha value is -1.61. The third-order valence-corrected chi connectivity index (χ3v) is 3.19. The zero-order valence-electron chi connectivity index (χ0n) is 9.94. The SMILES string of the molecule is COc1ccc2ccnc(CNC3CC3)c2c1. The number of rotatable bonds is 4. The number of fused-ring (bicyclic) bond motifs is 1. The summed E-state index contributed by atoms with van der Waals surface area (Å²) in [6.07, 6.45) is 4.47. The first-order chi connectivity index (χ1) is 8.36. The largest absolute Gasteiger partial charge is 0.497 e. The average molecular weight is 228 g/mol. The summed E-state index contributed by atoms with van der Waals surface area (Å²) in [4.78, 5) is 4.46. The fraction of sp³-hybridized carbons (Fsp3) is 0.357. The molecular weight excluding hydrogens is 212 g/mol. The van der Waals surface area contributed by atoms with Crippen LogP contribution in [0.2, 0.25) is 0 Å².